The predicted molar refractivity (Wildman–Crippen MR) is 135 cm³/mol. The minimum Gasteiger partial charge on any atom is -0.618 e. The Labute approximate surface area is 218 Å². The third-order valence-corrected chi connectivity index (χ3v) is 6.72. The molecule has 200 valence electrons. The number of imidazole rings is 1. The van der Waals surface area contributed by atoms with Crippen molar-refractivity contribution < 1.29 is 27.5 Å². The minimum absolute atomic E-state index is 0.000106. The molecule has 1 aliphatic heterocycles. The molecule has 0 saturated heterocycles. The molecule has 0 bridgehead atoms. The molecule has 3 aromatic rings. The van der Waals surface area contributed by atoms with Crippen LogP contribution in [0.2, 0.25) is 0 Å². The van der Waals surface area contributed by atoms with Gasteiger partial charge in [-0.05, 0) is 19.9 Å². The van der Waals surface area contributed by atoms with Crippen LogP contribution < -0.4 is 16.0 Å². The number of rotatable bonds is 8. The summed E-state index contributed by atoms with van der Waals surface area (Å²) in [6.07, 6.45) is -0.288. The van der Waals surface area contributed by atoms with E-state index in [4.69, 9.17) is 0 Å². The van der Waals surface area contributed by atoms with Gasteiger partial charge in [-0.2, -0.15) is 17.9 Å². The van der Waals surface area contributed by atoms with E-state index in [2.05, 4.69) is 30.9 Å². The van der Waals surface area contributed by atoms with Crippen molar-refractivity contribution in [2.75, 3.05) is 24.2 Å². The zero-order valence-corrected chi connectivity index (χ0v) is 21.5. The van der Waals surface area contributed by atoms with Crippen LogP contribution >= 0.6 is 11.3 Å². The summed E-state index contributed by atoms with van der Waals surface area (Å²) in [6.45, 7) is 4.47. The molecule has 2 amide bonds. The number of anilines is 2. The van der Waals surface area contributed by atoms with Gasteiger partial charge in [0.15, 0.2) is 17.2 Å². The molecule has 0 saturated carbocycles. The largest absolute Gasteiger partial charge is 0.618 e. The number of hydroxylamine groups is 1. The van der Waals surface area contributed by atoms with Crippen molar-refractivity contribution in [3.63, 3.8) is 0 Å². The molecular weight excluding hydrogens is 525 g/mol. The molecule has 0 aliphatic carbocycles. The molecule has 38 heavy (non-hydrogen) atoms. The van der Waals surface area contributed by atoms with Crippen LogP contribution in [0.15, 0.2) is 35.7 Å². The van der Waals surface area contributed by atoms with Gasteiger partial charge in [0.2, 0.25) is 11.6 Å². The highest BCUT2D eigenvalue weighted by Crippen LogP contribution is 2.35. The summed E-state index contributed by atoms with van der Waals surface area (Å²) in [5.41, 5.74) is 0.164. The lowest BCUT2D eigenvalue weighted by Gasteiger charge is -2.18. The predicted octanol–water partition coefficient (Wildman–Crippen LogP) is 3.57. The van der Waals surface area contributed by atoms with Gasteiger partial charge in [-0.1, -0.05) is 0 Å². The van der Waals surface area contributed by atoms with Gasteiger partial charge in [0.25, 0.3) is 5.91 Å². The number of hydrogen-bond acceptors (Lipinski definition) is 8. The first kappa shape index (κ1) is 26.8. The average Bonchev–Trinajstić information content (AvgIpc) is 3.52. The van der Waals surface area contributed by atoms with Crippen molar-refractivity contribution in [3.05, 3.63) is 57.9 Å². The molecule has 0 aromatic carbocycles. The Bertz CT molecular complexity index is 1470. The molecule has 0 unspecified atom stereocenters. The number of carbonyl (C=O) groups is 2. The van der Waals surface area contributed by atoms with Gasteiger partial charge in [-0.25, -0.2) is 9.97 Å². The van der Waals surface area contributed by atoms with Gasteiger partial charge in [0.1, 0.15) is 23.4 Å². The molecule has 3 N–H and O–H groups in total. The van der Waals surface area contributed by atoms with E-state index in [0.29, 0.717) is 16.1 Å². The number of alkyl halides is 3. The third kappa shape index (κ3) is 5.22. The van der Waals surface area contributed by atoms with Gasteiger partial charge in [-0.3, -0.25) is 14.6 Å². The lowest BCUT2D eigenvalue weighted by Crippen LogP contribution is -2.35. The summed E-state index contributed by atoms with van der Waals surface area (Å²) >= 11 is 1.05. The second kappa shape index (κ2) is 10.2. The number of halogens is 3. The Balaban J connectivity index is 1.48. The molecule has 4 heterocycles. The van der Waals surface area contributed by atoms with E-state index in [1.807, 2.05) is 0 Å². The average molecular weight is 549 g/mol. The number of hydrogen-bond donors (Lipinski definition) is 3. The van der Waals surface area contributed by atoms with E-state index in [9.17, 15) is 28.0 Å². The van der Waals surface area contributed by atoms with E-state index in [1.165, 1.54) is 29.4 Å². The Morgan fingerprint density at radius 3 is 2.63 bits per heavy atom. The number of aromatic nitrogens is 4. The zero-order valence-electron chi connectivity index (χ0n) is 20.7. The standard InChI is InChI=1S/C23H23F3N8O3S/c1-11-5-15(34(11)37)8-29-21(36)18-19(27-4)30-10-33(18)13(3)20(35)31-17-9-38-22(32-17)14-6-16(23(24,25)26)12(2)28-7-14/h5-7,9-10,13,27H,8H2,1-4H3,(H,29,36)(H,31,35)/t13-/m0/s1. The fourth-order valence-electron chi connectivity index (χ4n) is 3.72. The first-order valence-corrected chi connectivity index (χ1v) is 12.1. The summed E-state index contributed by atoms with van der Waals surface area (Å²) in [5, 5.41) is 21.5. The van der Waals surface area contributed by atoms with Crippen molar-refractivity contribution >= 4 is 40.5 Å². The topological polar surface area (TPSA) is 140 Å². The first-order chi connectivity index (χ1) is 17.9. The van der Waals surface area contributed by atoms with Crippen LogP contribution in [0.25, 0.3) is 10.6 Å². The maximum absolute atomic E-state index is 13.3. The molecule has 3 aromatic heterocycles. The van der Waals surface area contributed by atoms with E-state index >= 15 is 0 Å². The molecule has 1 aliphatic rings. The highest BCUT2D eigenvalue weighted by molar-refractivity contribution is 7.13. The number of allylic oxidation sites excluding steroid dienone is 1. The molecule has 0 spiro atoms. The maximum atomic E-state index is 13.3. The molecule has 4 rings (SSSR count). The van der Waals surface area contributed by atoms with E-state index in [1.54, 1.807) is 27.0 Å². The molecule has 1 atom stereocenters. The monoisotopic (exact) mass is 548 g/mol. The first-order valence-electron chi connectivity index (χ1n) is 11.3. The number of aryl methyl sites for hydroxylation is 1. The highest BCUT2D eigenvalue weighted by atomic mass is 32.1. The highest BCUT2D eigenvalue weighted by Gasteiger charge is 2.33. The van der Waals surface area contributed by atoms with Gasteiger partial charge in [-0.15, -0.1) is 11.3 Å². The number of thiazole rings is 1. The van der Waals surface area contributed by atoms with Crippen LogP contribution in [0, 0.1) is 12.1 Å². The van der Waals surface area contributed by atoms with Gasteiger partial charge in [0.05, 0.1) is 18.0 Å². The van der Waals surface area contributed by atoms with Gasteiger partial charge in [0, 0.05) is 36.8 Å². The fourth-order valence-corrected chi connectivity index (χ4v) is 4.45. The number of pyridine rings is 1. The SMILES string of the molecule is CNc1ncn([C@@H](C)C(=O)Nc2csc(-c3cnc(C)c(C(F)(F)F)c3)n2)c1C(=O)NCC1=CC(C)=[N+]1[O-]. The molecule has 11 nitrogen and oxygen atoms in total. The number of amides is 2. The Morgan fingerprint density at radius 2 is 2.00 bits per heavy atom. The fraction of sp³-hybridized carbons (Fsp3) is 0.304. The summed E-state index contributed by atoms with van der Waals surface area (Å²) in [4.78, 5) is 38.1. The third-order valence-electron chi connectivity index (χ3n) is 5.82. The quantitative estimate of drug-likeness (QED) is 0.289. The summed E-state index contributed by atoms with van der Waals surface area (Å²) < 4.78 is 41.8. The molecule has 0 radical (unpaired) electrons. The second-order valence-corrected chi connectivity index (χ2v) is 9.27. The number of nitrogens with zero attached hydrogens (tertiary/aromatic N) is 5. The summed E-state index contributed by atoms with van der Waals surface area (Å²) in [5.74, 6) is -0.718. The second-order valence-electron chi connectivity index (χ2n) is 8.41. The van der Waals surface area contributed by atoms with Crippen LogP contribution in [0.5, 0.6) is 0 Å². The van der Waals surface area contributed by atoms with Crippen molar-refractivity contribution in [2.24, 2.45) is 0 Å². The Hall–Kier alpha value is -4.27. The van der Waals surface area contributed by atoms with E-state index in [0.717, 1.165) is 17.4 Å². The van der Waals surface area contributed by atoms with Crippen molar-refractivity contribution in [1.82, 2.24) is 24.8 Å². The van der Waals surface area contributed by atoms with Gasteiger partial charge >= 0.3 is 6.18 Å². The van der Waals surface area contributed by atoms with Crippen LogP contribution in [0.3, 0.4) is 0 Å². The van der Waals surface area contributed by atoms with E-state index in [-0.39, 0.29) is 40.1 Å². The minimum atomic E-state index is -4.56. The number of carbonyl (C=O) groups excluding carboxylic acids is 2. The van der Waals surface area contributed by atoms with Gasteiger partial charge < -0.3 is 25.7 Å². The lowest BCUT2D eigenvalue weighted by atomic mass is 10.1. The maximum Gasteiger partial charge on any atom is 0.418 e. The molecule has 15 heteroatoms. The lowest BCUT2D eigenvalue weighted by molar-refractivity contribution is -0.414. The van der Waals surface area contributed by atoms with Crippen molar-refractivity contribution in [2.45, 2.75) is 33.0 Å². The van der Waals surface area contributed by atoms with Crippen LogP contribution in [0.1, 0.15) is 41.6 Å². The Kier molecular flexibility index (Phi) is 7.22. The van der Waals surface area contributed by atoms with E-state index < -0.39 is 29.6 Å². The van der Waals surface area contributed by atoms with Crippen molar-refractivity contribution in [3.8, 4) is 10.6 Å². The zero-order chi connectivity index (χ0) is 27.8. The summed E-state index contributed by atoms with van der Waals surface area (Å²) in [6, 6.07) is 0.0544. The Morgan fingerprint density at radius 1 is 1.26 bits per heavy atom. The van der Waals surface area contributed by atoms with Crippen LogP contribution in [-0.4, -0.2) is 55.4 Å². The van der Waals surface area contributed by atoms with Crippen LogP contribution in [0.4, 0.5) is 24.8 Å². The molecular formula is C23H23F3N8O3S. The molecule has 0 fully saturated rings. The number of nitrogens with one attached hydrogen (secondary N) is 3. The smallest absolute Gasteiger partial charge is 0.418 e. The van der Waals surface area contributed by atoms with Crippen LogP contribution in [-0.2, 0) is 11.0 Å². The van der Waals surface area contributed by atoms with Crippen molar-refractivity contribution in [1.29, 1.82) is 0 Å². The normalized spacial score (nSPS) is 14.0. The summed E-state index contributed by atoms with van der Waals surface area (Å²) in [7, 11) is 1.57.